The maximum Gasteiger partial charge on any atom is 0.140 e. The Kier molecular flexibility index (Phi) is 6.29. The number of rotatable bonds is 7. The molecule has 0 N–H and O–H groups in total. The summed E-state index contributed by atoms with van der Waals surface area (Å²) in [5.41, 5.74) is 1.17. The van der Waals surface area contributed by atoms with Gasteiger partial charge < -0.3 is 0 Å². The molecule has 1 aliphatic carbocycles. The van der Waals surface area contributed by atoms with E-state index < -0.39 is 0 Å². The lowest BCUT2D eigenvalue weighted by atomic mass is 9.77. The van der Waals surface area contributed by atoms with Crippen molar-refractivity contribution in [3.8, 4) is 0 Å². The average Bonchev–Trinajstić information content (AvgIpc) is 2.49. The molecule has 0 spiro atoms. The van der Waals surface area contributed by atoms with Gasteiger partial charge in [0.15, 0.2) is 0 Å². The molecule has 1 fully saturated rings. The van der Waals surface area contributed by atoms with Crippen molar-refractivity contribution in [1.29, 1.82) is 0 Å². The number of carbonyl (C=O) groups is 1. The van der Waals surface area contributed by atoms with Gasteiger partial charge in [0.25, 0.3) is 0 Å². The summed E-state index contributed by atoms with van der Waals surface area (Å²) in [6, 6.07) is 10.2. The van der Waals surface area contributed by atoms with Crippen molar-refractivity contribution in [2.24, 2.45) is 11.8 Å². The van der Waals surface area contributed by atoms with E-state index in [0.29, 0.717) is 18.1 Å². The second-order valence-corrected chi connectivity index (χ2v) is 6.34. The van der Waals surface area contributed by atoms with Crippen LogP contribution in [0.5, 0.6) is 0 Å². The number of ketones is 1. The van der Waals surface area contributed by atoms with E-state index in [0.717, 1.165) is 18.8 Å². The van der Waals surface area contributed by atoms with Crippen LogP contribution in [0.15, 0.2) is 30.3 Å². The molecule has 1 heteroatoms. The predicted octanol–water partition coefficient (Wildman–Crippen LogP) is 5.18. The van der Waals surface area contributed by atoms with Gasteiger partial charge in [-0.2, -0.15) is 0 Å². The second kappa shape index (κ2) is 8.24. The first-order valence-corrected chi connectivity index (χ1v) is 8.36. The van der Waals surface area contributed by atoms with Gasteiger partial charge in [0.2, 0.25) is 0 Å². The summed E-state index contributed by atoms with van der Waals surface area (Å²) in [6.07, 6.45) is 10.9. The molecule has 1 aromatic rings. The van der Waals surface area contributed by atoms with E-state index in [1.807, 2.05) is 18.2 Å². The highest BCUT2D eigenvalue weighted by atomic mass is 16.1. The molecule has 0 radical (unpaired) electrons. The predicted molar refractivity (Wildman–Crippen MR) is 84.7 cm³/mol. The van der Waals surface area contributed by atoms with Crippen LogP contribution in [0.2, 0.25) is 0 Å². The Balaban J connectivity index is 1.72. The number of carbonyl (C=O) groups excluding carboxylic acids is 1. The molecule has 0 unspecified atom stereocenters. The molecule has 0 amide bonds. The van der Waals surface area contributed by atoms with Crippen molar-refractivity contribution >= 4 is 5.78 Å². The van der Waals surface area contributed by atoms with Crippen molar-refractivity contribution in [2.75, 3.05) is 0 Å². The van der Waals surface area contributed by atoms with Gasteiger partial charge in [0.1, 0.15) is 5.78 Å². The Hall–Kier alpha value is -1.11. The molecular formula is C19H28O. The fourth-order valence-electron chi connectivity index (χ4n) is 3.40. The normalized spacial score (nSPS) is 22.6. The van der Waals surface area contributed by atoms with Crippen LogP contribution in [-0.4, -0.2) is 5.78 Å². The minimum absolute atomic E-state index is 0.331. The highest BCUT2D eigenvalue weighted by Gasteiger charge is 2.25. The first-order chi connectivity index (χ1) is 9.79. The molecule has 1 nitrogen and oxygen atoms in total. The highest BCUT2D eigenvalue weighted by Crippen LogP contribution is 2.33. The zero-order valence-electron chi connectivity index (χ0n) is 12.8. The maximum atomic E-state index is 12.3. The molecule has 110 valence electrons. The molecule has 1 saturated carbocycles. The first-order valence-electron chi connectivity index (χ1n) is 8.36. The summed E-state index contributed by atoms with van der Waals surface area (Å²) in [5, 5.41) is 0. The third-order valence-corrected chi connectivity index (χ3v) is 4.74. The average molecular weight is 272 g/mol. The summed E-state index contributed by atoms with van der Waals surface area (Å²) in [4.78, 5) is 12.3. The van der Waals surface area contributed by atoms with E-state index >= 15 is 0 Å². The summed E-state index contributed by atoms with van der Waals surface area (Å²) in [7, 11) is 0. The van der Waals surface area contributed by atoms with Gasteiger partial charge in [-0.3, -0.25) is 4.79 Å². The van der Waals surface area contributed by atoms with Crippen molar-refractivity contribution < 1.29 is 4.79 Å². The summed E-state index contributed by atoms with van der Waals surface area (Å²) < 4.78 is 0. The maximum absolute atomic E-state index is 12.3. The van der Waals surface area contributed by atoms with Gasteiger partial charge in [0.05, 0.1) is 0 Å². The lowest BCUT2D eigenvalue weighted by Crippen LogP contribution is -2.23. The number of hydrogen-bond acceptors (Lipinski definition) is 1. The van der Waals surface area contributed by atoms with Gasteiger partial charge in [-0.25, -0.2) is 0 Å². The van der Waals surface area contributed by atoms with Crippen molar-refractivity contribution in [2.45, 2.75) is 64.7 Å². The van der Waals surface area contributed by atoms with Crippen LogP contribution in [0.25, 0.3) is 0 Å². The van der Waals surface area contributed by atoms with Crippen molar-refractivity contribution in [3.63, 3.8) is 0 Å². The van der Waals surface area contributed by atoms with E-state index in [4.69, 9.17) is 0 Å². The van der Waals surface area contributed by atoms with E-state index in [1.54, 1.807) is 0 Å². The SMILES string of the molecule is CCCCCC1CCC(C(=O)Cc2ccccc2)CC1. The van der Waals surface area contributed by atoms with E-state index in [1.165, 1.54) is 44.1 Å². The molecule has 0 atom stereocenters. The topological polar surface area (TPSA) is 17.1 Å². The van der Waals surface area contributed by atoms with E-state index in [2.05, 4.69) is 19.1 Å². The molecule has 0 bridgehead atoms. The zero-order valence-corrected chi connectivity index (χ0v) is 12.8. The third-order valence-electron chi connectivity index (χ3n) is 4.74. The lowest BCUT2D eigenvalue weighted by molar-refractivity contribution is -0.123. The Morgan fingerprint density at radius 3 is 2.40 bits per heavy atom. The van der Waals surface area contributed by atoms with Crippen LogP contribution >= 0.6 is 0 Å². The van der Waals surface area contributed by atoms with Gasteiger partial charge in [0, 0.05) is 12.3 Å². The van der Waals surface area contributed by atoms with Crippen LogP contribution in [0.3, 0.4) is 0 Å². The summed E-state index contributed by atoms with van der Waals surface area (Å²) in [5.74, 6) is 1.68. The Morgan fingerprint density at radius 2 is 1.75 bits per heavy atom. The number of Topliss-reactive ketones (excluding diaryl/α,β-unsaturated/α-hetero) is 1. The van der Waals surface area contributed by atoms with Crippen LogP contribution in [0.1, 0.15) is 63.9 Å². The fraction of sp³-hybridized carbons (Fsp3) is 0.632. The number of benzene rings is 1. The fourth-order valence-corrected chi connectivity index (χ4v) is 3.40. The molecule has 20 heavy (non-hydrogen) atoms. The Morgan fingerprint density at radius 1 is 1.05 bits per heavy atom. The van der Waals surface area contributed by atoms with Gasteiger partial charge in [-0.15, -0.1) is 0 Å². The summed E-state index contributed by atoms with van der Waals surface area (Å²) >= 11 is 0. The van der Waals surface area contributed by atoms with Crippen LogP contribution in [0, 0.1) is 11.8 Å². The van der Waals surface area contributed by atoms with Gasteiger partial charge in [-0.1, -0.05) is 62.9 Å². The third kappa shape index (κ3) is 4.77. The Bertz CT molecular complexity index is 387. The number of hydrogen-bond donors (Lipinski definition) is 0. The largest absolute Gasteiger partial charge is 0.299 e. The molecule has 0 saturated heterocycles. The van der Waals surface area contributed by atoms with Gasteiger partial charge >= 0.3 is 0 Å². The minimum atomic E-state index is 0.331. The molecule has 0 aromatic heterocycles. The van der Waals surface area contributed by atoms with Crippen molar-refractivity contribution in [3.05, 3.63) is 35.9 Å². The molecule has 0 aliphatic heterocycles. The van der Waals surface area contributed by atoms with Crippen molar-refractivity contribution in [1.82, 2.24) is 0 Å². The molecule has 1 aromatic carbocycles. The summed E-state index contributed by atoms with van der Waals surface area (Å²) in [6.45, 7) is 2.26. The van der Waals surface area contributed by atoms with Gasteiger partial charge in [-0.05, 0) is 37.2 Å². The lowest BCUT2D eigenvalue weighted by Gasteiger charge is -2.27. The molecular weight excluding hydrogens is 244 g/mol. The Labute approximate surface area is 123 Å². The van der Waals surface area contributed by atoms with E-state index in [9.17, 15) is 4.79 Å². The van der Waals surface area contributed by atoms with E-state index in [-0.39, 0.29) is 0 Å². The molecule has 1 aliphatic rings. The van der Waals surface area contributed by atoms with Crippen LogP contribution in [-0.2, 0) is 11.2 Å². The quantitative estimate of drug-likeness (QED) is 0.625. The highest BCUT2D eigenvalue weighted by molar-refractivity contribution is 5.83. The molecule has 0 heterocycles. The van der Waals surface area contributed by atoms with Crippen LogP contribution < -0.4 is 0 Å². The number of unbranched alkanes of at least 4 members (excludes halogenated alkanes) is 2. The zero-order chi connectivity index (χ0) is 14.2. The standard InChI is InChI=1S/C19H28O/c1-2-3-5-8-16-11-13-18(14-12-16)19(20)15-17-9-6-4-7-10-17/h4,6-7,9-10,16,18H,2-3,5,8,11-15H2,1H3. The first kappa shape index (κ1) is 15.3. The monoisotopic (exact) mass is 272 g/mol. The minimum Gasteiger partial charge on any atom is -0.299 e. The van der Waals surface area contributed by atoms with Crippen LogP contribution in [0.4, 0.5) is 0 Å². The molecule has 2 rings (SSSR count). The smallest absolute Gasteiger partial charge is 0.140 e. The second-order valence-electron chi connectivity index (χ2n) is 6.34.